The van der Waals surface area contributed by atoms with Gasteiger partial charge in [0, 0.05) is 11.6 Å². The van der Waals surface area contributed by atoms with Crippen LogP contribution in [0.5, 0.6) is 0 Å². The standard InChI is InChI=1S/C13H25BN3O/c1-10(2)18-13(5,6)9-12(3,4)11-8-17(14-7)16-15-11/h8,10H,9H2,1-7H3. The van der Waals surface area contributed by atoms with Crippen molar-refractivity contribution in [1.82, 2.24) is 14.9 Å². The van der Waals surface area contributed by atoms with Gasteiger partial charge in [-0.3, -0.25) is 0 Å². The van der Waals surface area contributed by atoms with E-state index in [0.717, 1.165) is 12.1 Å². The number of hydrogen-bond donors (Lipinski definition) is 0. The van der Waals surface area contributed by atoms with Crippen molar-refractivity contribution in [2.45, 2.75) is 71.9 Å². The van der Waals surface area contributed by atoms with E-state index < -0.39 is 0 Å². The molecule has 0 aromatic carbocycles. The molecule has 0 aliphatic rings. The fourth-order valence-electron chi connectivity index (χ4n) is 2.55. The van der Waals surface area contributed by atoms with E-state index in [2.05, 4.69) is 51.9 Å². The van der Waals surface area contributed by atoms with Gasteiger partial charge >= 0.3 is 0 Å². The summed E-state index contributed by atoms with van der Waals surface area (Å²) in [4.78, 5) is 0. The monoisotopic (exact) mass is 250 g/mol. The molecule has 0 atom stereocenters. The van der Waals surface area contributed by atoms with Crippen molar-refractivity contribution in [3.8, 4) is 0 Å². The van der Waals surface area contributed by atoms with Gasteiger partial charge in [-0.05, 0) is 34.1 Å². The van der Waals surface area contributed by atoms with Crippen LogP contribution in [0.15, 0.2) is 6.20 Å². The van der Waals surface area contributed by atoms with Crippen LogP contribution in [-0.4, -0.2) is 34.0 Å². The maximum Gasteiger partial charge on any atom is 0.278 e. The maximum absolute atomic E-state index is 5.97. The molecule has 0 unspecified atom stereocenters. The van der Waals surface area contributed by atoms with Crippen molar-refractivity contribution < 1.29 is 4.74 Å². The van der Waals surface area contributed by atoms with Crippen molar-refractivity contribution in [3.05, 3.63) is 11.9 Å². The fourth-order valence-corrected chi connectivity index (χ4v) is 2.55. The first kappa shape index (κ1) is 15.2. The van der Waals surface area contributed by atoms with Crippen molar-refractivity contribution in [3.63, 3.8) is 0 Å². The highest BCUT2D eigenvalue weighted by Crippen LogP contribution is 2.33. The van der Waals surface area contributed by atoms with Crippen LogP contribution >= 0.6 is 0 Å². The highest BCUT2D eigenvalue weighted by atomic mass is 16.5. The minimum atomic E-state index is -0.169. The van der Waals surface area contributed by atoms with E-state index in [9.17, 15) is 0 Å². The summed E-state index contributed by atoms with van der Waals surface area (Å²) < 4.78 is 7.71. The topological polar surface area (TPSA) is 39.9 Å². The third-order valence-corrected chi connectivity index (χ3v) is 2.89. The number of hydrogen-bond acceptors (Lipinski definition) is 3. The molecule has 4 nitrogen and oxygen atoms in total. The second kappa shape index (κ2) is 5.43. The fraction of sp³-hybridized carbons (Fsp3) is 0.846. The Bertz CT molecular complexity index is 385. The minimum Gasteiger partial charge on any atom is -0.373 e. The van der Waals surface area contributed by atoms with Gasteiger partial charge < -0.3 is 9.33 Å². The molecule has 101 valence electrons. The van der Waals surface area contributed by atoms with Crippen molar-refractivity contribution in [2.75, 3.05) is 0 Å². The maximum atomic E-state index is 5.97. The zero-order valence-electron chi connectivity index (χ0n) is 12.7. The van der Waals surface area contributed by atoms with E-state index >= 15 is 0 Å². The van der Waals surface area contributed by atoms with Crippen molar-refractivity contribution >= 4 is 7.41 Å². The van der Waals surface area contributed by atoms with Gasteiger partial charge in [0.15, 0.2) is 0 Å². The first-order valence-electron chi connectivity index (χ1n) is 6.56. The number of aromatic nitrogens is 3. The molecule has 1 aromatic heterocycles. The quantitative estimate of drug-likeness (QED) is 0.729. The van der Waals surface area contributed by atoms with Crippen LogP contribution in [0.1, 0.15) is 53.7 Å². The molecule has 1 heterocycles. The van der Waals surface area contributed by atoms with Gasteiger partial charge in [-0.15, -0.1) is 5.10 Å². The van der Waals surface area contributed by atoms with Crippen LogP contribution in [-0.2, 0) is 10.2 Å². The molecule has 0 saturated carbocycles. The van der Waals surface area contributed by atoms with Gasteiger partial charge in [-0.1, -0.05) is 25.9 Å². The summed E-state index contributed by atoms with van der Waals surface area (Å²) in [7, 11) is 1.89. The number of ether oxygens (including phenoxy) is 1. The number of nitrogens with zero attached hydrogens (tertiary/aromatic N) is 3. The molecule has 0 N–H and O–H groups in total. The lowest BCUT2D eigenvalue weighted by Gasteiger charge is -2.35. The zero-order valence-corrected chi connectivity index (χ0v) is 12.7. The summed E-state index contributed by atoms with van der Waals surface area (Å²) >= 11 is 0. The zero-order chi connectivity index (χ0) is 14.0. The van der Waals surface area contributed by atoms with E-state index in [-0.39, 0.29) is 17.1 Å². The van der Waals surface area contributed by atoms with E-state index in [1.165, 1.54) is 0 Å². The average molecular weight is 250 g/mol. The van der Waals surface area contributed by atoms with Crippen LogP contribution in [0, 0.1) is 0 Å². The smallest absolute Gasteiger partial charge is 0.278 e. The third-order valence-electron chi connectivity index (χ3n) is 2.89. The molecule has 0 amide bonds. The molecule has 0 aliphatic carbocycles. The van der Waals surface area contributed by atoms with E-state index in [1.54, 1.807) is 4.59 Å². The van der Waals surface area contributed by atoms with Gasteiger partial charge in [0.2, 0.25) is 0 Å². The Labute approximate surface area is 111 Å². The lowest BCUT2D eigenvalue weighted by molar-refractivity contribution is -0.0704. The van der Waals surface area contributed by atoms with Crippen LogP contribution < -0.4 is 0 Å². The Morgan fingerprint density at radius 2 is 1.94 bits per heavy atom. The molecule has 1 radical (unpaired) electrons. The molecule has 0 spiro atoms. The van der Waals surface area contributed by atoms with Gasteiger partial charge in [-0.25, -0.2) is 0 Å². The Morgan fingerprint density at radius 3 is 2.39 bits per heavy atom. The predicted octanol–water partition coefficient (Wildman–Crippen LogP) is 2.66. The van der Waals surface area contributed by atoms with Crippen molar-refractivity contribution in [1.29, 1.82) is 0 Å². The second-order valence-corrected chi connectivity index (χ2v) is 6.33. The Balaban J connectivity index is 2.80. The van der Waals surface area contributed by atoms with Gasteiger partial charge in [0.1, 0.15) is 0 Å². The lowest BCUT2D eigenvalue weighted by Crippen LogP contribution is -2.36. The first-order chi connectivity index (χ1) is 8.16. The highest BCUT2D eigenvalue weighted by molar-refractivity contribution is 6.30. The van der Waals surface area contributed by atoms with Gasteiger partial charge in [-0.2, -0.15) is 0 Å². The molecule has 0 aliphatic heterocycles. The van der Waals surface area contributed by atoms with Crippen LogP contribution in [0.25, 0.3) is 0 Å². The molecule has 0 fully saturated rings. The minimum absolute atomic E-state index is 0.0559. The van der Waals surface area contributed by atoms with Gasteiger partial charge in [0.25, 0.3) is 7.41 Å². The molecule has 1 rings (SSSR count). The van der Waals surface area contributed by atoms with Crippen LogP contribution in [0.3, 0.4) is 0 Å². The molecule has 0 bridgehead atoms. The Morgan fingerprint density at radius 1 is 1.33 bits per heavy atom. The first-order valence-corrected chi connectivity index (χ1v) is 6.56. The Hall–Kier alpha value is -0.835. The molecule has 5 heteroatoms. The van der Waals surface area contributed by atoms with Gasteiger partial charge in [0.05, 0.1) is 17.4 Å². The van der Waals surface area contributed by atoms with Crippen LogP contribution in [0.4, 0.5) is 0 Å². The molecule has 1 aromatic rings. The molecule has 0 saturated heterocycles. The summed E-state index contributed by atoms with van der Waals surface area (Å²) in [6.45, 7) is 14.7. The summed E-state index contributed by atoms with van der Waals surface area (Å²) in [5.41, 5.74) is 0.776. The second-order valence-electron chi connectivity index (χ2n) is 6.33. The molecular weight excluding hydrogens is 225 g/mol. The SMILES string of the molecule is C[B]n1cc(C(C)(C)CC(C)(C)OC(C)C)nn1. The number of rotatable bonds is 6. The molecular formula is C13H25BN3O. The third kappa shape index (κ3) is 4.12. The van der Waals surface area contributed by atoms with Crippen molar-refractivity contribution in [2.24, 2.45) is 0 Å². The average Bonchev–Trinajstić information content (AvgIpc) is 2.61. The summed E-state index contributed by atoms with van der Waals surface area (Å²) in [6, 6.07) is 0. The normalized spacial score (nSPS) is 13.1. The largest absolute Gasteiger partial charge is 0.373 e. The summed E-state index contributed by atoms with van der Waals surface area (Å²) in [5.74, 6) is 0. The van der Waals surface area contributed by atoms with E-state index in [4.69, 9.17) is 4.74 Å². The highest BCUT2D eigenvalue weighted by Gasteiger charge is 2.33. The summed E-state index contributed by atoms with van der Waals surface area (Å²) in [6.07, 6.45) is 3.11. The summed E-state index contributed by atoms with van der Waals surface area (Å²) in [5, 5.41) is 8.31. The predicted molar refractivity (Wildman–Crippen MR) is 75.0 cm³/mol. The van der Waals surface area contributed by atoms with E-state index in [0.29, 0.717) is 0 Å². The molecule has 18 heavy (non-hydrogen) atoms. The lowest BCUT2D eigenvalue weighted by atomic mass is 9.79. The van der Waals surface area contributed by atoms with E-state index in [1.807, 2.05) is 20.4 Å². The Kier molecular flexibility index (Phi) is 4.59. The van der Waals surface area contributed by atoms with Crippen LogP contribution in [0.2, 0.25) is 6.82 Å².